The zero-order valence-electron chi connectivity index (χ0n) is 45.9. The summed E-state index contributed by atoms with van der Waals surface area (Å²) in [4.78, 5) is 45.4. The van der Waals surface area contributed by atoms with Gasteiger partial charge in [0.1, 0.15) is 50.8 Å². The number of nitrogens with zero attached hydrogens (tertiary/aromatic N) is 3. The van der Waals surface area contributed by atoms with Crippen LogP contribution in [0.5, 0.6) is 34.5 Å². The second kappa shape index (κ2) is 30.9. The van der Waals surface area contributed by atoms with E-state index in [9.17, 15) is 14.4 Å². The summed E-state index contributed by atoms with van der Waals surface area (Å²) in [6.45, 7) is 20.6. The van der Waals surface area contributed by atoms with Gasteiger partial charge in [0.15, 0.2) is 34.5 Å². The fraction of sp³-hybridized carbons (Fsp3) is 0.632. The van der Waals surface area contributed by atoms with Crippen molar-refractivity contribution in [3.8, 4) is 34.5 Å². The number of nitrogens with two attached hydrogens (primary N) is 3. The van der Waals surface area contributed by atoms with E-state index < -0.39 is 5.97 Å². The first kappa shape index (κ1) is 61.1. The van der Waals surface area contributed by atoms with Gasteiger partial charge in [0.2, 0.25) is 0 Å². The van der Waals surface area contributed by atoms with Gasteiger partial charge in [0.05, 0.1) is 45.9 Å². The van der Waals surface area contributed by atoms with Gasteiger partial charge in [-0.25, -0.2) is 9.59 Å². The van der Waals surface area contributed by atoms with E-state index in [0.717, 1.165) is 87.9 Å². The van der Waals surface area contributed by atoms with Crippen molar-refractivity contribution in [2.45, 2.75) is 97.8 Å². The maximum absolute atomic E-state index is 12.7. The molecule has 18 nitrogen and oxygen atoms in total. The third-order valence-corrected chi connectivity index (χ3v) is 16.7. The second-order valence-electron chi connectivity index (χ2n) is 20.8. The molecule has 1 amide bonds. The zero-order valence-corrected chi connectivity index (χ0v) is 49.5. The van der Waals surface area contributed by atoms with E-state index >= 15 is 0 Å². The van der Waals surface area contributed by atoms with E-state index in [1.54, 1.807) is 12.1 Å². The Hall–Kier alpha value is -4.54. The number of ether oxygens (including phenoxy) is 8. The van der Waals surface area contributed by atoms with E-state index in [-0.39, 0.29) is 28.1 Å². The highest BCUT2D eigenvalue weighted by Gasteiger charge is 2.31. The van der Waals surface area contributed by atoms with E-state index in [2.05, 4.69) is 63.4 Å². The largest absolute Gasteiger partial charge is 0.485 e. The molecule has 432 valence electrons. The highest BCUT2D eigenvalue weighted by atomic mass is 127. The van der Waals surface area contributed by atoms with Crippen LogP contribution in [0.3, 0.4) is 0 Å². The molecule has 0 bridgehead atoms. The smallest absolute Gasteiger partial charge is 0.342 e. The van der Waals surface area contributed by atoms with Gasteiger partial charge < -0.3 is 75.1 Å². The summed E-state index contributed by atoms with van der Waals surface area (Å²) in [5.41, 5.74) is 20.1. The fourth-order valence-corrected chi connectivity index (χ4v) is 11.2. The van der Waals surface area contributed by atoms with Crippen molar-refractivity contribution in [3.05, 3.63) is 48.5 Å². The Labute approximate surface area is 484 Å². The van der Waals surface area contributed by atoms with Crippen molar-refractivity contribution < 1.29 is 52.3 Å². The minimum Gasteiger partial charge on any atom is -0.485 e. The van der Waals surface area contributed by atoms with Crippen LogP contribution in [0.25, 0.3) is 0 Å². The lowest BCUT2D eigenvalue weighted by Crippen LogP contribution is -2.39. The van der Waals surface area contributed by atoms with Gasteiger partial charge in [0.25, 0.3) is 5.91 Å². The van der Waals surface area contributed by atoms with Crippen molar-refractivity contribution in [2.75, 3.05) is 136 Å². The molecule has 78 heavy (non-hydrogen) atoms. The van der Waals surface area contributed by atoms with Crippen LogP contribution in [-0.4, -0.2) is 151 Å². The maximum atomic E-state index is 12.7. The summed E-state index contributed by atoms with van der Waals surface area (Å²) in [5, 5.41) is 3.61. The van der Waals surface area contributed by atoms with Crippen LogP contribution in [0.15, 0.2) is 18.2 Å². The number of likely N-dealkylation sites (tertiary alicyclic amines) is 3. The first-order valence-corrected chi connectivity index (χ1v) is 30.0. The van der Waals surface area contributed by atoms with Crippen LogP contribution in [0.4, 0.5) is 17.1 Å². The molecule has 6 aliphatic rings. The Morgan fingerprint density at radius 3 is 1.26 bits per heavy atom. The normalized spacial score (nSPS) is 17.9. The quantitative estimate of drug-likeness (QED) is 0.0528. The predicted octanol–water partition coefficient (Wildman–Crippen LogP) is 9.61. The molecule has 0 aromatic heterocycles. The maximum Gasteiger partial charge on any atom is 0.342 e. The van der Waals surface area contributed by atoms with Gasteiger partial charge in [-0.1, -0.05) is 63.2 Å². The lowest BCUT2D eigenvalue weighted by Gasteiger charge is -2.32. The fourth-order valence-electron chi connectivity index (χ4n) is 10.3. The molecule has 9 rings (SSSR count). The summed E-state index contributed by atoms with van der Waals surface area (Å²) in [6.07, 6.45) is 13.9. The minimum atomic E-state index is -0.443. The van der Waals surface area contributed by atoms with Crippen LogP contribution in [-0.2, 0) is 9.47 Å². The van der Waals surface area contributed by atoms with Gasteiger partial charge in [-0.2, -0.15) is 0 Å². The third kappa shape index (κ3) is 16.8. The Kier molecular flexibility index (Phi) is 24.2. The molecule has 21 heteroatoms. The van der Waals surface area contributed by atoms with E-state index in [4.69, 9.17) is 78.3 Å². The predicted molar refractivity (Wildman–Crippen MR) is 313 cm³/mol. The molecule has 0 atom stereocenters. The first-order chi connectivity index (χ1) is 37.8. The highest BCUT2D eigenvalue weighted by Crippen LogP contribution is 2.45. The second-order valence-corrected chi connectivity index (χ2v) is 22.8. The van der Waals surface area contributed by atoms with Crippen molar-refractivity contribution in [1.29, 1.82) is 0 Å². The summed E-state index contributed by atoms with van der Waals surface area (Å²) >= 11 is 14.4. The molecule has 0 radical (unpaired) electrons. The Bertz CT molecular complexity index is 2200. The zero-order chi connectivity index (χ0) is 55.6. The van der Waals surface area contributed by atoms with Gasteiger partial charge >= 0.3 is 11.9 Å². The van der Waals surface area contributed by atoms with Crippen LogP contribution >= 0.6 is 45.8 Å². The lowest BCUT2D eigenvalue weighted by atomic mass is 9.96. The monoisotopic (exact) mass is 1240 g/mol. The molecule has 0 aliphatic carbocycles. The molecule has 0 saturated carbocycles. The average molecular weight is 1240 g/mol. The number of unbranched alkanes of at least 4 members (excludes halogenated alkanes) is 3. The summed E-state index contributed by atoms with van der Waals surface area (Å²) < 4.78 is 45.4. The van der Waals surface area contributed by atoms with Crippen molar-refractivity contribution in [3.63, 3.8) is 0 Å². The number of halogens is 3. The highest BCUT2D eigenvalue weighted by molar-refractivity contribution is 14.1. The van der Waals surface area contributed by atoms with Gasteiger partial charge in [-0.3, -0.25) is 4.79 Å². The number of anilines is 3. The van der Waals surface area contributed by atoms with Crippen LogP contribution in [0.1, 0.15) is 129 Å². The SMILES string of the molecule is CCCCN1CCC(CNC(=O)c2cc(Cl)c(N)c3c2OCCO3)CC1.CCCCN1CCC(COC(=O)c2cc(Cl)c(N)c3c2OCCO3)CC1.CCCCN1CCC(COC(=O)c2cc(I)c(N)c3c2OCCO3)CC1. The van der Waals surface area contributed by atoms with Gasteiger partial charge in [0, 0.05) is 10.1 Å². The number of piperidine rings is 3. The molecule has 0 unspecified atom stereocenters. The molecular weight excluding hydrogens is 1160 g/mol. The van der Waals surface area contributed by atoms with E-state index in [1.807, 2.05) is 0 Å². The number of hydrogen-bond donors (Lipinski definition) is 4. The molecule has 7 N–H and O–H groups in total. The molecule has 0 spiro atoms. The van der Waals surface area contributed by atoms with E-state index in [0.29, 0.717) is 139 Å². The number of amides is 1. The van der Waals surface area contributed by atoms with E-state index in [1.165, 1.54) is 57.7 Å². The van der Waals surface area contributed by atoms with Gasteiger partial charge in [-0.05, 0) is 175 Å². The van der Waals surface area contributed by atoms with Crippen molar-refractivity contribution >= 4 is 80.7 Å². The lowest BCUT2D eigenvalue weighted by molar-refractivity contribution is 0.0356. The van der Waals surface area contributed by atoms with Crippen molar-refractivity contribution in [1.82, 2.24) is 20.0 Å². The number of nitrogen functional groups attached to an aromatic ring is 3. The summed E-state index contributed by atoms with van der Waals surface area (Å²) in [7, 11) is 0. The summed E-state index contributed by atoms with van der Waals surface area (Å²) in [6, 6.07) is 4.78. The average Bonchev–Trinajstić information content (AvgIpc) is 3.50. The number of carbonyl (C=O) groups excluding carboxylic acids is 3. The molecule has 3 aromatic rings. The Balaban J connectivity index is 0.000000170. The minimum absolute atomic E-state index is 0.193. The first-order valence-electron chi connectivity index (χ1n) is 28.2. The number of nitrogens with one attached hydrogen (secondary N) is 1. The Morgan fingerprint density at radius 2 is 0.859 bits per heavy atom. The molecule has 6 aliphatic heterocycles. The Morgan fingerprint density at radius 1 is 0.526 bits per heavy atom. The molecular formula is C57H82Cl2IN7O11. The number of esters is 2. The number of fused-ring (bicyclic) bond motifs is 3. The number of benzene rings is 3. The number of hydrogen-bond acceptors (Lipinski definition) is 17. The number of rotatable bonds is 18. The van der Waals surface area contributed by atoms with Crippen LogP contribution in [0, 0.1) is 21.3 Å². The molecule has 3 fully saturated rings. The topological polar surface area (TPSA) is 225 Å². The number of carbonyl (C=O) groups is 3. The van der Waals surface area contributed by atoms with Crippen LogP contribution < -0.4 is 50.9 Å². The molecule has 3 aromatic carbocycles. The van der Waals surface area contributed by atoms with Crippen molar-refractivity contribution in [2.24, 2.45) is 17.8 Å². The van der Waals surface area contributed by atoms with Gasteiger partial charge in [-0.15, -0.1) is 0 Å². The van der Waals surface area contributed by atoms with Crippen LogP contribution in [0.2, 0.25) is 10.0 Å². The summed E-state index contributed by atoms with van der Waals surface area (Å²) in [5.74, 6) is 2.64. The third-order valence-electron chi connectivity index (χ3n) is 15.1. The standard InChI is InChI=1S/C19H28ClN3O3.C19H27ClN2O4.C19H27IN2O4/c1-2-3-6-23-7-4-13(5-8-23)12-22-19(24)14-11-15(20)16(21)18-17(14)25-9-10-26-18;2*1-2-3-6-22-7-4-13(5-8-22)12-26-19(23)14-11-15(20)16(21)18-17(14)24-9-10-25-18/h11,13H,2-10,12,21H2,1H3,(H,22,24);2*11,13H,2-10,12,21H2,1H3. The molecule has 3 saturated heterocycles. The molecule has 6 heterocycles.